The van der Waals surface area contributed by atoms with Crippen molar-refractivity contribution in [1.29, 1.82) is 0 Å². The fourth-order valence-electron chi connectivity index (χ4n) is 2.20. The van der Waals surface area contributed by atoms with Crippen LogP contribution in [0.3, 0.4) is 0 Å². The second-order valence-corrected chi connectivity index (χ2v) is 3.89. The normalized spacial score (nSPS) is 27.6. The fraction of sp³-hybridized carbons (Fsp3) is 0.545. The van der Waals surface area contributed by atoms with Crippen LogP contribution in [-0.4, -0.2) is 48.1 Å². The van der Waals surface area contributed by atoms with Gasteiger partial charge in [0.25, 0.3) is 0 Å². The number of methoxy groups -OCH3 is 1. The Morgan fingerprint density at radius 1 is 1.59 bits per heavy atom. The zero-order valence-electron chi connectivity index (χ0n) is 9.54. The van der Waals surface area contributed by atoms with Crippen LogP contribution in [0.5, 0.6) is 0 Å². The highest BCUT2D eigenvalue weighted by molar-refractivity contribution is 5.83. The Balaban J connectivity index is 3.03. The summed E-state index contributed by atoms with van der Waals surface area (Å²) in [6.07, 6.45) is 1.43. The van der Waals surface area contributed by atoms with E-state index in [0.29, 0.717) is 12.7 Å². The molecule has 94 valence electrons. The molecule has 6 heteroatoms. The first kappa shape index (κ1) is 13.2. The summed E-state index contributed by atoms with van der Waals surface area (Å²) < 4.78 is 4.59. The molecule has 1 aliphatic heterocycles. The van der Waals surface area contributed by atoms with E-state index in [4.69, 9.17) is 5.11 Å². The largest absolute Gasteiger partial charge is 0.467 e. The van der Waals surface area contributed by atoms with E-state index < -0.39 is 29.9 Å². The molecule has 0 bridgehead atoms. The lowest BCUT2D eigenvalue weighted by atomic mass is 9.88. The topological polar surface area (TPSA) is 83.9 Å². The van der Waals surface area contributed by atoms with Crippen LogP contribution in [0.2, 0.25) is 0 Å². The Hall–Kier alpha value is -1.85. The summed E-state index contributed by atoms with van der Waals surface area (Å²) >= 11 is 0. The predicted octanol–water partition coefficient (Wildman–Crippen LogP) is 0.529. The number of nitrogens with zero attached hydrogens (tertiary/aromatic N) is 1. The number of esters is 1. The maximum Gasteiger partial charge on any atom is 0.408 e. The average molecular weight is 241 g/mol. The molecule has 17 heavy (non-hydrogen) atoms. The Bertz CT molecular complexity index is 341. The van der Waals surface area contributed by atoms with E-state index in [2.05, 4.69) is 11.3 Å². The molecule has 0 aromatic rings. The third-order valence-electron chi connectivity index (χ3n) is 3.00. The van der Waals surface area contributed by atoms with Crippen LogP contribution in [-0.2, 0) is 14.3 Å². The predicted molar refractivity (Wildman–Crippen MR) is 58.4 cm³/mol. The highest BCUT2D eigenvalue weighted by atomic mass is 16.5. The van der Waals surface area contributed by atoms with E-state index in [-0.39, 0.29) is 6.54 Å². The molecule has 1 heterocycles. The zero-order chi connectivity index (χ0) is 13.0. The molecule has 1 rings (SSSR count). The molecule has 1 fully saturated rings. The third kappa shape index (κ3) is 2.46. The van der Waals surface area contributed by atoms with Gasteiger partial charge in [-0.1, -0.05) is 6.08 Å². The third-order valence-corrected chi connectivity index (χ3v) is 3.00. The summed E-state index contributed by atoms with van der Waals surface area (Å²) in [5, 5.41) is 9.00. The summed E-state index contributed by atoms with van der Waals surface area (Å²) in [6.45, 7) is 3.57. The number of allylic oxidation sites excluding steroid dienone is 1. The summed E-state index contributed by atoms with van der Waals surface area (Å²) in [6, 6.07) is -0.925. The van der Waals surface area contributed by atoms with Gasteiger partial charge in [0.15, 0.2) is 0 Å². The van der Waals surface area contributed by atoms with Crippen LogP contribution in [0.25, 0.3) is 0 Å². The van der Waals surface area contributed by atoms with Crippen LogP contribution in [0.1, 0.15) is 6.42 Å². The molecule has 0 saturated carbocycles. The van der Waals surface area contributed by atoms with E-state index in [0.717, 1.165) is 4.90 Å². The molecule has 0 aromatic carbocycles. The van der Waals surface area contributed by atoms with E-state index in [1.165, 1.54) is 7.11 Å². The van der Waals surface area contributed by atoms with Gasteiger partial charge in [-0.3, -0.25) is 4.90 Å². The van der Waals surface area contributed by atoms with E-state index >= 15 is 0 Å². The van der Waals surface area contributed by atoms with Crippen molar-refractivity contribution in [3.8, 4) is 0 Å². The number of rotatable bonds is 4. The smallest absolute Gasteiger partial charge is 0.408 e. The van der Waals surface area contributed by atoms with Gasteiger partial charge < -0.3 is 14.6 Å². The van der Waals surface area contributed by atoms with Gasteiger partial charge in [-0.15, -0.1) is 6.58 Å². The molecular formula is C11H15NO5. The molecular weight excluding hydrogens is 226 g/mol. The van der Waals surface area contributed by atoms with Gasteiger partial charge in [-0.05, 0) is 6.42 Å². The van der Waals surface area contributed by atoms with Crippen LogP contribution < -0.4 is 0 Å². The molecule has 1 saturated heterocycles. The number of likely N-dealkylation sites (tertiary alicyclic amines) is 1. The van der Waals surface area contributed by atoms with Gasteiger partial charge in [0, 0.05) is 18.4 Å². The van der Waals surface area contributed by atoms with Gasteiger partial charge in [-0.2, -0.15) is 0 Å². The minimum absolute atomic E-state index is 0.0249. The Morgan fingerprint density at radius 3 is 2.65 bits per heavy atom. The maximum absolute atomic E-state index is 11.6. The van der Waals surface area contributed by atoms with Crippen molar-refractivity contribution >= 4 is 18.3 Å². The molecule has 0 aliphatic carbocycles. The molecule has 1 amide bonds. The highest BCUT2D eigenvalue weighted by Gasteiger charge is 2.47. The van der Waals surface area contributed by atoms with Gasteiger partial charge >= 0.3 is 12.1 Å². The van der Waals surface area contributed by atoms with Crippen molar-refractivity contribution in [2.75, 3.05) is 13.7 Å². The number of amides is 1. The van der Waals surface area contributed by atoms with Crippen LogP contribution in [0.4, 0.5) is 4.79 Å². The molecule has 1 aliphatic rings. The number of carboxylic acid groups (broad SMARTS) is 1. The Morgan fingerprint density at radius 2 is 2.24 bits per heavy atom. The van der Waals surface area contributed by atoms with Crippen LogP contribution in [0.15, 0.2) is 12.7 Å². The number of aldehydes is 1. The minimum Gasteiger partial charge on any atom is -0.467 e. The molecule has 0 aromatic heterocycles. The van der Waals surface area contributed by atoms with Gasteiger partial charge in [0.05, 0.1) is 7.11 Å². The first-order valence-electron chi connectivity index (χ1n) is 5.20. The average Bonchev–Trinajstić information content (AvgIpc) is 2.67. The van der Waals surface area contributed by atoms with Crippen LogP contribution >= 0.6 is 0 Å². The van der Waals surface area contributed by atoms with Crippen molar-refractivity contribution in [2.45, 2.75) is 12.5 Å². The summed E-state index contributed by atoms with van der Waals surface area (Å²) in [7, 11) is 1.20. The minimum atomic E-state index is -1.22. The van der Waals surface area contributed by atoms with Gasteiger partial charge in [0.1, 0.15) is 12.3 Å². The number of hydrogen-bond acceptors (Lipinski definition) is 4. The van der Waals surface area contributed by atoms with Crippen molar-refractivity contribution in [1.82, 2.24) is 4.90 Å². The molecule has 6 nitrogen and oxygen atoms in total. The van der Waals surface area contributed by atoms with Crippen molar-refractivity contribution in [3.63, 3.8) is 0 Å². The Labute approximate surface area is 98.8 Å². The van der Waals surface area contributed by atoms with Crippen LogP contribution in [0, 0.1) is 11.8 Å². The van der Waals surface area contributed by atoms with Gasteiger partial charge in [-0.25, -0.2) is 9.59 Å². The second-order valence-electron chi connectivity index (χ2n) is 3.89. The number of carbonyl (C=O) groups is 3. The quantitative estimate of drug-likeness (QED) is 0.441. The SMILES string of the molecule is C=CCC1C(C=O)CN(C(=O)O)C1C(=O)OC. The lowest BCUT2D eigenvalue weighted by Crippen LogP contribution is -2.43. The van der Waals surface area contributed by atoms with Gasteiger partial charge in [0.2, 0.25) is 0 Å². The second kappa shape index (κ2) is 5.47. The van der Waals surface area contributed by atoms with E-state index in [1.54, 1.807) is 6.08 Å². The lowest BCUT2D eigenvalue weighted by Gasteiger charge is -2.22. The molecule has 0 spiro atoms. The number of ether oxygens (including phenoxy) is 1. The summed E-state index contributed by atoms with van der Waals surface area (Å²) in [4.78, 5) is 34.5. The maximum atomic E-state index is 11.6. The molecule has 0 radical (unpaired) electrons. The standard InChI is InChI=1S/C11H15NO5/c1-3-4-8-7(6-13)5-12(11(15)16)9(8)10(14)17-2/h3,6-9H,1,4-5H2,2H3,(H,15,16). The lowest BCUT2D eigenvalue weighted by molar-refractivity contribution is -0.146. The first-order valence-corrected chi connectivity index (χ1v) is 5.20. The van der Waals surface area contributed by atoms with Crippen molar-refractivity contribution < 1.29 is 24.2 Å². The summed E-state index contributed by atoms with van der Waals surface area (Å²) in [5.74, 6) is -1.52. The van der Waals surface area contributed by atoms with Crippen molar-refractivity contribution in [2.24, 2.45) is 11.8 Å². The summed E-state index contributed by atoms with van der Waals surface area (Å²) in [5.41, 5.74) is 0. The Kier molecular flexibility index (Phi) is 4.25. The van der Waals surface area contributed by atoms with E-state index in [9.17, 15) is 14.4 Å². The molecule has 3 unspecified atom stereocenters. The molecule has 3 atom stereocenters. The molecule has 1 N–H and O–H groups in total. The fourth-order valence-corrected chi connectivity index (χ4v) is 2.20. The zero-order valence-corrected chi connectivity index (χ0v) is 9.54. The number of carbonyl (C=O) groups excluding carboxylic acids is 2. The monoisotopic (exact) mass is 241 g/mol. The first-order chi connectivity index (χ1) is 8.06. The van der Waals surface area contributed by atoms with E-state index in [1.807, 2.05) is 0 Å². The highest BCUT2D eigenvalue weighted by Crippen LogP contribution is 2.32. The van der Waals surface area contributed by atoms with Crippen molar-refractivity contribution in [3.05, 3.63) is 12.7 Å². The number of hydrogen-bond donors (Lipinski definition) is 1.